The average Bonchev–Trinajstić information content (AvgIpc) is 2.39. The van der Waals surface area contributed by atoms with E-state index >= 15 is 0 Å². The Morgan fingerprint density at radius 2 is 1.90 bits per heavy atom. The SMILES string of the molecule is COc1ccc(Br)cc1CS(=O)(=O)c1ccccc1F. The van der Waals surface area contributed by atoms with Crippen LogP contribution in [0.3, 0.4) is 0 Å². The molecule has 0 atom stereocenters. The highest BCUT2D eigenvalue weighted by molar-refractivity contribution is 9.10. The standard InChI is InChI=1S/C14H12BrFO3S/c1-19-13-7-6-11(15)8-10(13)9-20(17,18)14-5-3-2-4-12(14)16/h2-8H,9H2,1H3. The van der Waals surface area contributed by atoms with Crippen molar-refractivity contribution in [2.45, 2.75) is 10.6 Å². The maximum atomic E-state index is 13.6. The fraction of sp³-hybridized carbons (Fsp3) is 0.143. The van der Waals surface area contributed by atoms with Crippen molar-refractivity contribution < 1.29 is 17.5 Å². The highest BCUT2D eigenvalue weighted by Crippen LogP contribution is 2.27. The predicted octanol–water partition coefficient (Wildman–Crippen LogP) is 3.57. The van der Waals surface area contributed by atoms with Crippen molar-refractivity contribution in [3.63, 3.8) is 0 Å². The molecule has 6 heteroatoms. The van der Waals surface area contributed by atoms with Gasteiger partial charge < -0.3 is 4.74 Å². The molecule has 20 heavy (non-hydrogen) atoms. The average molecular weight is 359 g/mol. The Bertz CT molecular complexity index is 729. The van der Waals surface area contributed by atoms with Gasteiger partial charge in [0, 0.05) is 10.0 Å². The largest absolute Gasteiger partial charge is 0.496 e. The number of hydrogen-bond acceptors (Lipinski definition) is 3. The van der Waals surface area contributed by atoms with Crippen molar-refractivity contribution in [3.8, 4) is 5.75 Å². The van der Waals surface area contributed by atoms with Crippen molar-refractivity contribution >= 4 is 25.8 Å². The number of sulfone groups is 1. The summed E-state index contributed by atoms with van der Waals surface area (Å²) in [6.07, 6.45) is 0. The molecule has 2 aromatic rings. The van der Waals surface area contributed by atoms with Gasteiger partial charge >= 0.3 is 0 Å². The van der Waals surface area contributed by atoms with Gasteiger partial charge in [-0.25, -0.2) is 12.8 Å². The molecule has 0 N–H and O–H groups in total. The Morgan fingerprint density at radius 3 is 2.55 bits per heavy atom. The normalized spacial score (nSPS) is 11.3. The fourth-order valence-corrected chi connectivity index (χ4v) is 3.69. The minimum Gasteiger partial charge on any atom is -0.496 e. The zero-order valence-electron chi connectivity index (χ0n) is 10.6. The molecule has 2 rings (SSSR count). The van der Waals surface area contributed by atoms with E-state index in [1.54, 1.807) is 18.2 Å². The summed E-state index contributed by atoms with van der Waals surface area (Å²) in [5.41, 5.74) is 0.477. The molecule has 0 bridgehead atoms. The molecule has 0 saturated carbocycles. The third kappa shape index (κ3) is 3.19. The quantitative estimate of drug-likeness (QED) is 0.838. The van der Waals surface area contributed by atoms with Gasteiger partial charge in [0.1, 0.15) is 16.5 Å². The number of rotatable bonds is 4. The molecular weight excluding hydrogens is 347 g/mol. The molecule has 0 amide bonds. The van der Waals surface area contributed by atoms with Crippen molar-refractivity contribution in [1.29, 1.82) is 0 Å². The first kappa shape index (κ1) is 15.0. The molecular formula is C14H12BrFO3S. The van der Waals surface area contributed by atoms with Crippen LogP contribution in [0.2, 0.25) is 0 Å². The van der Waals surface area contributed by atoms with E-state index in [0.29, 0.717) is 11.3 Å². The number of ether oxygens (including phenoxy) is 1. The van der Waals surface area contributed by atoms with Gasteiger partial charge in [0.25, 0.3) is 0 Å². The summed E-state index contributed by atoms with van der Waals surface area (Å²) in [4.78, 5) is -0.304. The van der Waals surface area contributed by atoms with Crippen molar-refractivity contribution in [1.82, 2.24) is 0 Å². The van der Waals surface area contributed by atoms with Gasteiger partial charge in [-0.05, 0) is 30.3 Å². The van der Waals surface area contributed by atoms with Gasteiger partial charge in [-0.1, -0.05) is 28.1 Å². The Labute approximate surface area is 125 Å². The fourth-order valence-electron chi connectivity index (χ4n) is 1.84. The lowest BCUT2D eigenvalue weighted by Gasteiger charge is -2.10. The Balaban J connectivity index is 2.44. The second-order valence-corrected chi connectivity index (χ2v) is 7.02. The van der Waals surface area contributed by atoms with Crippen molar-refractivity contribution in [2.24, 2.45) is 0 Å². The summed E-state index contributed by atoms with van der Waals surface area (Å²) in [5.74, 6) is -0.620. The molecule has 0 unspecified atom stereocenters. The molecule has 0 saturated heterocycles. The highest BCUT2D eigenvalue weighted by Gasteiger charge is 2.21. The Kier molecular flexibility index (Phi) is 4.45. The Hall–Kier alpha value is -1.40. The molecule has 0 aliphatic carbocycles. The van der Waals surface area contributed by atoms with E-state index in [0.717, 1.165) is 10.5 Å². The molecule has 0 aromatic heterocycles. The third-order valence-electron chi connectivity index (χ3n) is 2.76. The van der Waals surface area contributed by atoms with Crippen LogP contribution in [-0.2, 0) is 15.6 Å². The molecule has 0 fully saturated rings. The van der Waals surface area contributed by atoms with Crippen LogP contribution in [0, 0.1) is 5.82 Å². The number of halogens is 2. The van der Waals surface area contributed by atoms with Crippen molar-refractivity contribution in [3.05, 3.63) is 58.3 Å². The highest BCUT2D eigenvalue weighted by atomic mass is 79.9. The maximum Gasteiger partial charge on any atom is 0.185 e. The molecule has 0 aliphatic rings. The summed E-state index contributed by atoms with van der Waals surface area (Å²) >= 11 is 3.28. The van der Waals surface area contributed by atoms with E-state index in [9.17, 15) is 12.8 Å². The Morgan fingerprint density at radius 1 is 1.20 bits per heavy atom. The zero-order chi connectivity index (χ0) is 14.8. The van der Waals surface area contributed by atoms with E-state index in [1.807, 2.05) is 0 Å². The van der Waals surface area contributed by atoms with Gasteiger partial charge in [0.05, 0.1) is 12.9 Å². The van der Waals surface area contributed by atoms with Crippen LogP contribution < -0.4 is 4.74 Å². The van der Waals surface area contributed by atoms with E-state index in [4.69, 9.17) is 4.74 Å². The van der Waals surface area contributed by atoms with Gasteiger partial charge in [0.2, 0.25) is 0 Å². The minimum absolute atomic E-state index is 0.304. The van der Waals surface area contributed by atoms with Crippen LogP contribution in [-0.4, -0.2) is 15.5 Å². The molecule has 0 spiro atoms. The molecule has 0 heterocycles. The topological polar surface area (TPSA) is 43.4 Å². The molecule has 0 aliphatic heterocycles. The predicted molar refractivity (Wildman–Crippen MR) is 78.0 cm³/mol. The lowest BCUT2D eigenvalue weighted by Crippen LogP contribution is -2.08. The van der Waals surface area contributed by atoms with E-state index in [-0.39, 0.29) is 10.6 Å². The second-order valence-electron chi connectivity index (χ2n) is 4.15. The summed E-state index contributed by atoms with van der Waals surface area (Å²) in [7, 11) is -2.31. The number of benzene rings is 2. The first-order valence-electron chi connectivity index (χ1n) is 5.74. The number of hydrogen-bond donors (Lipinski definition) is 0. The smallest absolute Gasteiger partial charge is 0.185 e. The van der Waals surface area contributed by atoms with Gasteiger partial charge in [0.15, 0.2) is 9.84 Å². The van der Waals surface area contributed by atoms with Crippen LogP contribution >= 0.6 is 15.9 Å². The second kappa shape index (κ2) is 5.93. The van der Waals surface area contributed by atoms with E-state index in [1.165, 1.54) is 25.3 Å². The minimum atomic E-state index is -3.77. The summed E-state index contributed by atoms with van der Waals surface area (Å²) < 4.78 is 44.1. The summed E-state index contributed by atoms with van der Waals surface area (Å²) in [6, 6.07) is 10.4. The van der Waals surface area contributed by atoms with Crippen LogP contribution in [0.1, 0.15) is 5.56 Å². The van der Waals surface area contributed by atoms with Gasteiger partial charge in [-0.15, -0.1) is 0 Å². The molecule has 106 valence electrons. The molecule has 2 aromatic carbocycles. The molecule has 0 radical (unpaired) electrons. The van der Waals surface area contributed by atoms with E-state index < -0.39 is 15.7 Å². The first-order chi connectivity index (χ1) is 9.44. The third-order valence-corrected chi connectivity index (χ3v) is 4.95. The summed E-state index contributed by atoms with van der Waals surface area (Å²) in [5, 5.41) is 0. The zero-order valence-corrected chi connectivity index (χ0v) is 13.0. The lowest BCUT2D eigenvalue weighted by atomic mass is 10.2. The first-order valence-corrected chi connectivity index (χ1v) is 8.18. The van der Waals surface area contributed by atoms with Gasteiger partial charge in [-0.3, -0.25) is 0 Å². The van der Waals surface area contributed by atoms with Crippen LogP contribution in [0.25, 0.3) is 0 Å². The van der Waals surface area contributed by atoms with Crippen molar-refractivity contribution in [2.75, 3.05) is 7.11 Å². The van der Waals surface area contributed by atoms with Crippen LogP contribution in [0.4, 0.5) is 4.39 Å². The van der Waals surface area contributed by atoms with Crippen LogP contribution in [0.5, 0.6) is 5.75 Å². The monoisotopic (exact) mass is 358 g/mol. The molecule has 3 nitrogen and oxygen atoms in total. The number of methoxy groups -OCH3 is 1. The van der Waals surface area contributed by atoms with Gasteiger partial charge in [-0.2, -0.15) is 0 Å². The van der Waals surface area contributed by atoms with Crippen LogP contribution in [0.15, 0.2) is 51.8 Å². The summed E-state index contributed by atoms with van der Waals surface area (Å²) in [6.45, 7) is 0. The lowest BCUT2D eigenvalue weighted by molar-refractivity contribution is 0.411. The maximum absolute atomic E-state index is 13.6. The van der Waals surface area contributed by atoms with E-state index in [2.05, 4.69) is 15.9 Å².